The largest absolute Gasteiger partial charge is 0.357 e. The Labute approximate surface area is 112 Å². The molecule has 0 aliphatic heterocycles. The summed E-state index contributed by atoms with van der Waals surface area (Å²) in [6.45, 7) is 7.78. The summed E-state index contributed by atoms with van der Waals surface area (Å²) < 4.78 is 1.66. The minimum atomic E-state index is 0.523. The zero-order valence-corrected chi connectivity index (χ0v) is 11.8. The molecule has 0 aliphatic rings. The second-order valence-corrected chi connectivity index (χ2v) is 4.08. The zero-order chi connectivity index (χ0) is 13.8. The Balaban J connectivity index is 2.46. The van der Waals surface area contributed by atoms with Crippen molar-refractivity contribution >= 4 is 11.9 Å². The molecule has 0 radical (unpaired) electrons. The molecule has 2 rings (SSSR count). The molecule has 2 aromatic rings. The van der Waals surface area contributed by atoms with Gasteiger partial charge in [0.2, 0.25) is 11.9 Å². The minimum absolute atomic E-state index is 0.523. The number of nitrogens with zero attached hydrogens (tertiary/aromatic N) is 6. The molecule has 0 atom stereocenters. The number of aromatic nitrogens is 5. The average Bonchev–Trinajstić information content (AvgIpc) is 2.86. The maximum atomic E-state index is 4.47. The molecule has 0 fully saturated rings. The summed E-state index contributed by atoms with van der Waals surface area (Å²) in [6, 6.07) is 1.92. The van der Waals surface area contributed by atoms with Crippen molar-refractivity contribution in [3.8, 4) is 5.95 Å². The van der Waals surface area contributed by atoms with Crippen molar-refractivity contribution in [2.24, 2.45) is 0 Å². The van der Waals surface area contributed by atoms with Gasteiger partial charge in [-0.3, -0.25) is 0 Å². The molecule has 0 saturated heterocycles. The van der Waals surface area contributed by atoms with E-state index in [1.807, 2.05) is 19.2 Å². The maximum Gasteiger partial charge on any atom is 0.257 e. The second kappa shape index (κ2) is 5.64. The van der Waals surface area contributed by atoms with E-state index >= 15 is 0 Å². The lowest BCUT2D eigenvalue weighted by molar-refractivity contribution is 0.758. The van der Waals surface area contributed by atoms with Crippen LogP contribution in [0, 0.1) is 6.92 Å². The highest BCUT2D eigenvalue weighted by molar-refractivity contribution is 5.39. The van der Waals surface area contributed by atoms with Crippen LogP contribution in [0.3, 0.4) is 0 Å². The van der Waals surface area contributed by atoms with Crippen LogP contribution in [0.1, 0.15) is 19.5 Å². The van der Waals surface area contributed by atoms with Gasteiger partial charge in [-0.25, -0.2) is 4.68 Å². The van der Waals surface area contributed by atoms with Crippen LogP contribution in [0.4, 0.5) is 11.9 Å². The topological polar surface area (TPSA) is 71.8 Å². The molecular formula is C12H19N7. The van der Waals surface area contributed by atoms with Gasteiger partial charge in [-0.1, -0.05) is 0 Å². The predicted molar refractivity (Wildman–Crippen MR) is 74.8 cm³/mol. The van der Waals surface area contributed by atoms with E-state index in [4.69, 9.17) is 0 Å². The third-order valence-electron chi connectivity index (χ3n) is 2.81. The van der Waals surface area contributed by atoms with E-state index in [0.29, 0.717) is 17.8 Å². The van der Waals surface area contributed by atoms with Crippen LogP contribution >= 0.6 is 0 Å². The first kappa shape index (κ1) is 13.3. The number of hydrogen-bond donors (Lipinski definition) is 1. The van der Waals surface area contributed by atoms with Gasteiger partial charge >= 0.3 is 0 Å². The van der Waals surface area contributed by atoms with Crippen molar-refractivity contribution in [1.29, 1.82) is 0 Å². The Morgan fingerprint density at radius 2 is 1.95 bits per heavy atom. The predicted octanol–water partition coefficient (Wildman–Crippen LogP) is 1.25. The molecule has 0 unspecified atom stereocenters. The van der Waals surface area contributed by atoms with E-state index in [9.17, 15) is 0 Å². The first-order chi connectivity index (χ1) is 9.17. The van der Waals surface area contributed by atoms with Gasteiger partial charge in [0.1, 0.15) is 0 Å². The Hall–Kier alpha value is -2.18. The number of aryl methyl sites for hydroxylation is 1. The van der Waals surface area contributed by atoms with Crippen molar-refractivity contribution in [3.05, 3.63) is 18.0 Å². The fraction of sp³-hybridized carbons (Fsp3) is 0.500. The molecule has 0 saturated carbocycles. The van der Waals surface area contributed by atoms with Gasteiger partial charge in [0.25, 0.3) is 5.95 Å². The van der Waals surface area contributed by atoms with E-state index in [1.165, 1.54) is 0 Å². The molecule has 1 N–H and O–H groups in total. The van der Waals surface area contributed by atoms with Gasteiger partial charge in [-0.15, -0.1) is 0 Å². The Bertz CT molecular complexity index is 545. The summed E-state index contributed by atoms with van der Waals surface area (Å²) in [5.41, 5.74) is 0.927. The molecule has 2 heterocycles. The highest BCUT2D eigenvalue weighted by Gasteiger charge is 2.12. The molecule has 7 heteroatoms. The minimum Gasteiger partial charge on any atom is -0.357 e. The summed E-state index contributed by atoms with van der Waals surface area (Å²) >= 11 is 0. The number of anilines is 2. The molecule has 0 aromatic carbocycles. The van der Waals surface area contributed by atoms with Gasteiger partial charge < -0.3 is 10.2 Å². The third-order valence-corrected chi connectivity index (χ3v) is 2.81. The summed E-state index contributed by atoms with van der Waals surface area (Å²) in [5.74, 6) is 1.72. The van der Waals surface area contributed by atoms with Gasteiger partial charge in [-0.2, -0.15) is 20.1 Å². The van der Waals surface area contributed by atoms with Gasteiger partial charge in [-0.05, 0) is 26.8 Å². The molecule has 19 heavy (non-hydrogen) atoms. The van der Waals surface area contributed by atoms with E-state index in [2.05, 4.69) is 44.1 Å². The number of rotatable bonds is 5. The van der Waals surface area contributed by atoms with Crippen LogP contribution in [0.5, 0.6) is 0 Å². The van der Waals surface area contributed by atoms with Gasteiger partial charge in [0.15, 0.2) is 0 Å². The Kier molecular flexibility index (Phi) is 3.94. The monoisotopic (exact) mass is 261 g/mol. The molecule has 0 bridgehead atoms. The summed E-state index contributed by atoms with van der Waals surface area (Å²) in [6.07, 6.45) is 1.84. The van der Waals surface area contributed by atoms with E-state index in [1.54, 1.807) is 11.7 Å². The molecule has 7 nitrogen and oxygen atoms in total. The zero-order valence-electron chi connectivity index (χ0n) is 11.8. The SMILES string of the molecule is CCN(CC)c1nc(NC)nc(-n2ccc(C)n2)n1. The smallest absolute Gasteiger partial charge is 0.257 e. The van der Waals surface area contributed by atoms with Crippen molar-refractivity contribution in [2.45, 2.75) is 20.8 Å². The highest BCUT2D eigenvalue weighted by Crippen LogP contribution is 2.12. The summed E-state index contributed by atoms with van der Waals surface area (Å²) in [7, 11) is 1.79. The lowest BCUT2D eigenvalue weighted by Crippen LogP contribution is -2.25. The molecule has 0 amide bonds. The van der Waals surface area contributed by atoms with Crippen molar-refractivity contribution in [2.75, 3.05) is 30.4 Å². The van der Waals surface area contributed by atoms with Gasteiger partial charge in [0.05, 0.1) is 5.69 Å². The number of nitrogens with one attached hydrogen (secondary N) is 1. The van der Waals surface area contributed by atoms with E-state index in [0.717, 1.165) is 18.8 Å². The Morgan fingerprint density at radius 1 is 1.21 bits per heavy atom. The fourth-order valence-electron chi connectivity index (χ4n) is 1.74. The van der Waals surface area contributed by atoms with Crippen LogP contribution in [-0.2, 0) is 0 Å². The quantitative estimate of drug-likeness (QED) is 0.873. The molecule has 102 valence electrons. The standard InChI is InChI=1S/C12H19N7/c1-5-18(6-2)11-14-10(13-4)15-12(16-11)19-8-7-9(3)17-19/h7-8H,5-6H2,1-4H3,(H,13,14,15,16). The van der Waals surface area contributed by atoms with E-state index < -0.39 is 0 Å². The molecule has 2 aromatic heterocycles. The first-order valence-electron chi connectivity index (χ1n) is 6.39. The first-order valence-corrected chi connectivity index (χ1v) is 6.39. The highest BCUT2D eigenvalue weighted by atomic mass is 15.4. The van der Waals surface area contributed by atoms with Crippen LogP contribution in [0.25, 0.3) is 5.95 Å². The van der Waals surface area contributed by atoms with Crippen molar-refractivity contribution < 1.29 is 0 Å². The summed E-state index contributed by atoms with van der Waals surface area (Å²) in [4.78, 5) is 15.2. The van der Waals surface area contributed by atoms with Crippen LogP contribution < -0.4 is 10.2 Å². The molecule has 0 aliphatic carbocycles. The van der Waals surface area contributed by atoms with Gasteiger partial charge in [0, 0.05) is 26.3 Å². The van der Waals surface area contributed by atoms with Crippen LogP contribution in [0.2, 0.25) is 0 Å². The van der Waals surface area contributed by atoms with Crippen molar-refractivity contribution in [3.63, 3.8) is 0 Å². The average molecular weight is 261 g/mol. The second-order valence-electron chi connectivity index (χ2n) is 4.08. The summed E-state index contributed by atoms with van der Waals surface area (Å²) in [5, 5.41) is 7.28. The Morgan fingerprint density at radius 3 is 2.47 bits per heavy atom. The maximum absolute atomic E-state index is 4.47. The van der Waals surface area contributed by atoms with Crippen molar-refractivity contribution in [1.82, 2.24) is 24.7 Å². The third kappa shape index (κ3) is 2.81. The lowest BCUT2D eigenvalue weighted by atomic mass is 10.5. The van der Waals surface area contributed by atoms with Crippen LogP contribution in [-0.4, -0.2) is 44.9 Å². The van der Waals surface area contributed by atoms with E-state index in [-0.39, 0.29) is 0 Å². The molecular weight excluding hydrogens is 242 g/mol. The molecule has 0 spiro atoms. The van der Waals surface area contributed by atoms with Crippen LogP contribution in [0.15, 0.2) is 12.3 Å². The lowest BCUT2D eigenvalue weighted by Gasteiger charge is -2.19. The fourth-order valence-corrected chi connectivity index (χ4v) is 1.74. The number of hydrogen-bond acceptors (Lipinski definition) is 6. The normalized spacial score (nSPS) is 10.5.